The molecule has 0 aromatic heterocycles. The van der Waals surface area contributed by atoms with E-state index in [1.807, 2.05) is 0 Å². The van der Waals surface area contributed by atoms with Crippen LogP contribution in [-0.4, -0.2) is 18.2 Å². The third-order valence-electron chi connectivity index (χ3n) is 2.28. The largest absolute Gasteiger partial charge is 0.507 e. The number of aromatic hydroxyl groups is 1. The molecular formula is C11H16ClNO3. The minimum absolute atomic E-state index is 0. The summed E-state index contributed by atoms with van der Waals surface area (Å²) in [5.74, 6) is -0.239. The van der Waals surface area contributed by atoms with Gasteiger partial charge in [-0.1, -0.05) is 18.2 Å². The summed E-state index contributed by atoms with van der Waals surface area (Å²) in [7, 11) is 1.31. The Kier molecular flexibility index (Phi) is 5.85. The average Bonchev–Trinajstić information content (AvgIpc) is 2.21. The lowest BCUT2D eigenvalue weighted by atomic mass is 10.0. The van der Waals surface area contributed by atoms with Crippen LogP contribution in [0, 0.1) is 6.92 Å². The van der Waals surface area contributed by atoms with E-state index in [-0.39, 0.29) is 30.5 Å². The number of benzene rings is 1. The molecule has 1 aromatic carbocycles. The number of carbonyl (C=O) groups excluding carboxylic acids is 1. The fourth-order valence-corrected chi connectivity index (χ4v) is 1.35. The zero-order valence-corrected chi connectivity index (χ0v) is 10.1. The first-order valence-electron chi connectivity index (χ1n) is 4.67. The van der Waals surface area contributed by atoms with Gasteiger partial charge in [0.25, 0.3) is 0 Å². The van der Waals surface area contributed by atoms with E-state index >= 15 is 0 Å². The Hall–Kier alpha value is -1.26. The van der Waals surface area contributed by atoms with Crippen LogP contribution in [-0.2, 0) is 9.53 Å². The van der Waals surface area contributed by atoms with Gasteiger partial charge < -0.3 is 15.6 Å². The molecule has 0 saturated heterocycles. The summed E-state index contributed by atoms with van der Waals surface area (Å²) in [5, 5.41) is 9.72. The molecule has 1 aromatic rings. The van der Waals surface area contributed by atoms with Crippen LogP contribution in [0.3, 0.4) is 0 Å². The van der Waals surface area contributed by atoms with Gasteiger partial charge in [0.1, 0.15) is 5.75 Å². The third kappa shape index (κ3) is 3.40. The summed E-state index contributed by atoms with van der Waals surface area (Å²) in [6, 6.07) is 4.75. The molecule has 1 atom stereocenters. The second-order valence-electron chi connectivity index (χ2n) is 3.40. The normalized spacial score (nSPS) is 11.4. The van der Waals surface area contributed by atoms with E-state index in [2.05, 4.69) is 4.74 Å². The molecule has 0 fully saturated rings. The van der Waals surface area contributed by atoms with Gasteiger partial charge in [0.2, 0.25) is 0 Å². The summed E-state index contributed by atoms with van der Waals surface area (Å²) < 4.78 is 4.51. The van der Waals surface area contributed by atoms with Crippen molar-refractivity contribution in [3.8, 4) is 5.75 Å². The maximum Gasteiger partial charge on any atom is 0.307 e. The van der Waals surface area contributed by atoms with Gasteiger partial charge in [-0.25, -0.2) is 0 Å². The van der Waals surface area contributed by atoms with Crippen molar-refractivity contribution in [2.24, 2.45) is 5.73 Å². The number of carbonyl (C=O) groups is 1. The number of halogens is 1. The molecule has 0 spiro atoms. The summed E-state index contributed by atoms with van der Waals surface area (Å²) in [4.78, 5) is 11.0. The van der Waals surface area contributed by atoms with Crippen molar-refractivity contribution in [2.75, 3.05) is 7.11 Å². The fraction of sp³-hybridized carbons (Fsp3) is 0.364. The first kappa shape index (κ1) is 14.7. The highest BCUT2D eigenvalue weighted by Crippen LogP contribution is 2.27. The number of ether oxygens (including phenoxy) is 1. The molecule has 90 valence electrons. The van der Waals surface area contributed by atoms with Crippen molar-refractivity contribution in [1.29, 1.82) is 0 Å². The number of hydrogen-bond donors (Lipinski definition) is 2. The number of phenols is 1. The molecule has 16 heavy (non-hydrogen) atoms. The second kappa shape index (κ2) is 6.35. The van der Waals surface area contributed by atoms with Crippen molar-refractivity contribution in [3.63, 3.8) is 0 Å². The highest BCUT2D eigenvalue weighted by molar-refractivity contribution is 5.85. The first-order chi connectivity index (χ1) is 7.06. The van der Waals surface area contributed by atoms with Gasteiger partial charge in [-0.3, -0.25) is 4.79 Å². The van der Waals surface area contributed by atoms with E-state index in [9.17, 15) is 9.90 Å². The molecule has 0 bridgehead atoms. The van der Waals surface area contributed by atoms with Crippen LogP contribution in [0.25, 0.3) is 0 Å². The number of aryl methyl sites for hydroxylation is 1. The van der Waals surface area contributed by atoms with E-state index in [1.54, 1.807) is 25.1 Å². The molecule has 4 nitrogen and oxygen atoms in total. The van der Waals surface area contributed by atoms with E-state index in [0.717, 1.165) is 5.56 Å². The Morgan fingerprint density at radius 3 is 2.75 bits per heavy atom. The van der Waals surface area contributed by atoms with Gasteiger partial charge in [-0.05, 0) is 12.5 Å². The Morgan fingerprint density at radius 1 is 1.56 bits per heavy atom. The maximum atomic E-state index is 11.0. The van der Waals surface area contributed by atoms with Gasteiger partial charge in [0.05, 0.1) is 13.5 Å². The van der Waals surface area contributed by atoms with Crippen molar-refractivity contribution in [2.45, 2.75) is 19.4 Å². The standard InChI is InChI=1S/C11H15NO3.ClH/c1-7-4-3-5-8(11(7)14)9(12)6-10(13)15-2;/h3-5,9,14H,6,12H2,1-2H3;1H/t9-;/m1./s1. The molecular weight excluding hydrogens is 230 g/mol. The third-order valence-corrected chi connectivity index (χ3v) is 2.28. The smallest absolute Gasteiger partial charge is 0.307 e. The minimum atomic E-state index is -0.530. The SMILES string of the molecule is COC(=O)C[C@@H](N)c1cccc(C)c1O.Cl. The Bertz CT molecular complexity index is 368. The second-order valence-corrected chi connectivity index (χ2v) is 3.40. The van der Waals surface area contributed by atoms with Gasteiger partial charge in [0.15, 0.2) is 0 Å². The Morgan fingerprint density at radius 2 is 2.19 bits per heavy atom. The number of rotatable bonds is 3. The topological polar surface area (TPSA) is 72.5 Å². The Labute approximate surface area is 101 Å². The lowest BCUT2D eigenvalue weighted by Gasteiger charge is -2.13. The van der Waals surface area contributed by atoms with Crippen molar-refractivity contribution in [3.05, 3.63) is 29.3 Å². The maximum absolute atomic E-state index is 11.0. The predicted octanol–water partition coefficient (Wildman–Crippen LogP) is 1.69. The van der Waals surface area contributed by atoms with E-state index < -0.39 is 6.04 Å². The van der Waals surface area contributed by atoms with Gasteiger partial charge in [-0.15, -0.1) is 12.4 Å². The van der Waals surface area contributed by atoms with Crippen LogP contribution in [0.1, 0.15) is 23.6 Å². The molecule has 5 heteroatoms. The molecule has 0 radical (unpaired) electrons. The molecule has 0 aliphatic carbocycles. The van der Waals surface area contributed by atoms with E-state index in [0.29, 0.717) is 5.56 Å². The average molecular weight is 246 g/mol. The molecule has 0 aliphatic heterocycles. The van der Waals surface area contributed by atoms with Crippen molar-refractivity contribution < 1.29 is 14.6 Å². The minimum Gasteiger partial charge on any atom is -0.507 e. The monoisotopic (exact) mass is 245 g/mol. The van der Waals surface area contributed by atoms with Crippen LogP contribution in [0.2, 0.25) is 0 Å². The molecule has 3 N–H and O–H groups in total. The van der Waals surface area contributed by atoms with Gasteiger partial charge in [-0.2, -0.15) is 0 Å². The molecule has 0 unspecified atom stereocenters. The zero-order valence-electron chi connectivity index (χ0n) is 9.27. The molecule has 0 aliphatic rings. The highest BCUT2D eigenvalue weighted by Gasteiger charge is 2.15. The van der Waals surface area contributed by atoms with Crippen LogP contribution in [0.15, 0.2) is 18.2 Å². The van der Waals surface area contributed by atoms with Crippen molar-refractivity contribution in [1.82, 2.24) is 0 Å². The van der Waals surface area contributed by atoms with Gasteiger partial charge >= 0.3 is 5.97 Å². The number of methoxy groups -OCH3 is 1. The quantitative estimate of drug-likeness (QED) is 0.795. The Balaban J connectivity index is 0.00000225. The molecule has 0 heterocycles. The highest BCUT2D eigenvalue weighted by atomic mass is 35.5. The summed E-state index contributed by atoms with van der Waals surface area (Å²) >= 11 is 0. The zero-order chi connectivity index (χ0) is 11.4. The van der Waals surface area contributed by atoms with Crippen LogP contribution >= 0.6 is 12.4 Å². The van der Waals surface area contributed by atoms with Crippen molar-refractivity contribution >= 4 is 18.4 Å². The number of nitrogens with two attached hydrogens (primary N) is 1. The summed E-state index contributed by atoms with van der Waals surface area (Å²) in [6.45, 7) is 1.78. The lowest BCUT2D eigenvalue weighted by Crippen LogP contribution is -2.16. The molecule has 1 rings (SSSR count). The van der Waals surface area contributed by atoms with Crippen LogP contribution < -0.4 is 5.73 Å². The predicted molar refractivity (Wildman–Crippen MR) is 63.7 cm³/mol. The van der Waals surface area contributed by atoms with E-state index in [1.165, 1.54) is 7.11 Å². The van der Waals surface area contributed by atoms with E-state index in [4.69, 9.17) is 5.73 Å². The number of esters is 1. The van der Waals surface area contributed by atoms with Crippen LogP contribution in [0.5, 0.6) is 5.75 Å². The van der Waals surface area contributed by atoms with Gasteiger partial charge in [0, 0.05) is 11.6 Å². The first-order valence-corrected chi connectivity index (χ1v) is 4.67. The number of hydrogen-bond acceptors (Lipinski definition) is 4. The fourth-order valence-electron chi connectivity index (χ4n) is 1.35. The number of phenolic OH excluding ortho intramolecular Hbond substituents is 1. The number of para-hydroxylation sites is 1. The summed E-state index contributed by atoms with van der Waals surface area (Å²) in [6.07, 6.45) is 0.0630. The molecule has 0 amide bonds. The van der Waals surface area contributed by atoms with Crippen LogP contribution in [0.4, 0.5) is 0 Å². The molecule has 0 saturated carbocycles. The summed E-state index contributed by atoms with van der Waals surface area (Å²) in [5.41, 5.74) is 7.09. The lowest BCUT2D eigenvalue weighted by molar-refractivity contribution is -0.141.